The summed E-state index contributed by atoms with van der Waals surface area (Å²) in [5, 5.41) is 3.31. The Morgan fingerprint density at radius 2 is 1.94 bits per heavy atom. The van der Waals surface area contributed by atoms with Crippen LogP contribution in [0.25, 0.3) is 0 Å². The lowest BCUT2D eigenvalue weighted by atomic mass is 10.1. The largest absolute Gasteiger partial charge is 0.495 e. The third kappa shape index (κ3) is 6.58. The minimum Gasteiger partial charge on any atom is -0.495 e. The Morgan fingerprint density at radius 1 is 1.21 bits per heavy atom. The maximum absolute atomic E-state index is 13.2. The van der Waals surface area contributed by atoms with E-state index in [1.165, 1.54) is 42.6 Å². The standard InChI is InChI=1S/C23H33N5O5S/c1-17(2)27(3)23(29)21-14-19(33-12-11-28-9-7-24-8-10-28)5-6-22(21)34(30,31)26-18-13-20(32-4)16-25-15-18/h5-6,13-17,24,26H,7-12H2,1-4H3. The van der Waals surface area contributed by atoms with Crippen molar-refractivity contribution in [3.8, 4) is 11.5 Å². The number of hydrogen-bond donors (Lipinski definition) is 2. The predicted octanol–water partition coefficient (Wildman–Crippen LogP) is 1.66. The maximum Gasteiger partial charge on any atom is 0.262 e. The van der Waals surface area contributed by atoms with E-state index in [4.69, 9.17) is 9.47 Å². The summed E-state index contributed by atoms with van der Waals surface area (Å²) in [7, 11) is -0.985. The number of nitrogens with one attached hydrogen (secondary N) is 2. The first-order chi connectivity index (χ1) is 16.2. The van der Waals surface area contributed by atoms with Gasteiger partial charge in [0.15, 0.2) is 0 Å². The molecule has 0 unspecified atom stereocenters. The van der Waals surface area contributed by atoms with Crippen LogP contribution in [0.4, 0.5) is 5.69 Å². The van der Waals surface area contributed by atoms with Crippen LogP contribution in [0.1, 0.15) is 24.2 Å². The lowest BCUT2D eigenvalue weighted by Crippen LogP contribution is -2.44. The molecule has 2 aromatic rings. The quantitative estimate of drug-likeness (QED) is 0.516. The van der Waals surface area contributed by atoms with E-state index in [0.717, 1.165) is 32.7 Å². The summed E-state index contributed by atoms with van der Waals surface area (Å²) in [5.74, 6) is 0.439. The first kappa shape index (κ1) is 25.7. The molecule has 1 amide bonds. The van der Waals surface area contributed by atoms with Crippen molar-refractivity contribution in [1.29, 1.82) is 0 Å². The van der Waals surface area contributed by atoms with Crippen molar-refractivity contribution in [2.24, 2.45) is 0 Å². The molecular weight excluding hydrogens is 458 g/mol. The fraction of sp³-hybridized carbons (Fsp3) is 0.478. The number of pyridine rings is 1. The average molecular weight is 492 g/mol. The highest BCUT2D eigenvalue weighted by molar-refractivity contribution is 7.92. The van der Waals surface area contributed by atoms with Gasteiger partial charge in [-0.1, -0.05) is 0 Å². The lowest BCUT2D eigenvalue weighted by Gasteiger charge is -2.27. The Bertz CT molecular complexity index is 1090. The molecule has 0 saturated carbocycles. The molecule has 11 heteroatoms. The summed E-state index contributed by atoms with van der Waals surface area (Å²) in [6.45, 7) is 8.71. The summed E-state index contributed by atoms with van der Waals surface area (Å²) in [5.41, 5.74) is 0.269. The van der Waals surface area contributed by atoms with Crippen LogP contribution >= 0.6 is 0 Å². The van der Waals surface area contributed by atoms with Gasteiger partial charge in [-0.25, -0.2) is 8.42 Å². The number of nitrogens with zero attached hydrogens (tertiary/aromatic N) is 3. The van der Waals surface area contributed by atoms with Gasteiger partial charge < -0.3 is 19.7 Å². The molecule has 0 atom stereocenters. The van der Waals surface area contributed by atoms with Gasteiger partial charge in [-0.2, -0.15) is 0 Å². The number of methoxy groups -OCH3 is 1. The number of ether oxygens (including phenoxy) is 2. The van der Waals surface area contributed by atoms with Gasteiger partial charge in [-0.3, -0.25) is 19.4 Å². The number of rotatable bonds is 10. The minimum atomic E-state index is -4.09. The Labute approximate surface area is 201 Å². The summed E-state index contributed by atoms with van der Waals surface area (Å²) >= 11 is 0. The lowest BCUT2D eigenvalue weighted by molar-refractivity contribution is 0.0750. The molecule has 0 aliphatic carbocycles. The summed E-state index contributed by atoms with van der Waals surface area (Å²) in [6.07, 6.45) is 2.84. The van der Waals surface area contributed by atoms with Crippen molar-refractivity contribution in [3.05, 3.63) is 42.2 Å². The summed E-state index contributed by atoms with van der Waals surface area (Å²) in [6, 6.07) is 5.87. The number of sulfonamides is 1. The number of carbonyl (C=O) groups excluding carboxylic acids is 1. The molecular formula is C23H33N5O5S. The number of benzene rings is 1. The smallest absolute Gasteiger partial charge is 0.262 e. The van der Waals surface area contributed by atoms with Crippen LogP contribution in [0.15, 0.2) is 41.6 Å². The van der Waals surface area contributed by atoms with Crippen LogP contribution in [-0.2, 0) is 10.0 Å². The van der Waals surface area contributed by atoms with Crippen molar-refractivity contribution in [1.82, 2.24) is 20.1 Å². The van der Waals surface area contributed by atoms with E-state index >= 15 is 0 Å². The van der Waals surface area contributed by atoms with Gasteiger partial charge in [0.25, 0.3) is 15.9 Å². The van der Waals surface area contributed by atoms with E-state index in [0.29, 0.717) is 18.1 Å². The molecule has 1 aliphatic rings. The highest BCUT2D eigenvalue weighted by Gasteiger charge is 2.26. The molecule has 0 bridgehead atoms. The summed E-state index contributed by atoms with van der Waals surface area (Å²) in [4.78, 5) is 20.8. The number of hydrogen-bond acceptors (Lipinski definition) is 8. The maximum atomic E-state index is 13.2. The molecule has 2 heterocycles. The average Bonchev–Trinajstić information content (AvgIpc) is 2.83. The minimum absolute atomic E-state index is 0.0410. The van der Waals surface area contributed by atoms with Gasteiger partial charge in [0.1, 0.15) is 23.0 Å². The second kappa shape index (κ2) is 11.5. The van der Waals surface area contributed by atoms with Crippen molar-refractivity contribution in [3.63, 3.8) is 0 Å². The van der Waals surface area contributed by atoms with E-state index in [2.05, 4.69) is 19.9 Å². The zero-order valence-corrected chi connectivity index (χ0v) is 20.9. The number of carbonyl (C=O) groups is 1. The van der Waals surface area contributed by atoms with Crippen LogP contribution in [-0.4, -0.2) is 88.6 Å². The third-order valence-corrected chi connectivity index (χ3v) is 7.09. The topological polar surface area (TPSA) is 113 Å². The van der Waals surface area contributed by atoms with E-state index in [1.54, 1.807) is 13.1 Å². The van der Waals surface area contributed by atoms with Crippen LogP contribution in [0.2, 0.25) is 0 Å². The molecule has 1 aromatic heterocycles. The molecule has 3 rings (SSSR count). The zero-order valence-electron chi connectivity index (χ0n) is 20.1. The molecule has 1 aromatic carbocycles. The van der Waals surface area contributed by atoms with E-state index in [1.807, 2.05) is 13.8 Å². The van der Waals surface area contributed by atoms with Crippen LogP contribution in [0.5, 0.6) is 11.5 Å². The fourth-order valence-corrected chi connectivity index (χ4v) is 4.66. The van der Waals surface area contributed by atoms with Gasteiger partial charge in [0.2, 0.25) is 0 Å². The van der Waals surface area contributed by atoms with Crippen molar-refractivity contribution in [2.75, 3.05) is 58.2 Å². The van der Waals surface area contributed by atoms with Gasteiger partial charge in [-0.05, 0) is 32.0 Å². The number of piperazine rings is 1. The molecule has 2 N–H and O–H groups in total. The molecule has 0 spiro atoms. The van der Waals surface area contributed by atoms with Crippen molar-refractivity contribution >= 4 is 21.6 Å². The normalized spacial score (nSPS) is 14.6. The first-order valence-corrected chi connectivity index (χ1v) is 12.7. The Morgan fingerprint density at radius 3 is 2.62 bits per heavy atom. The SMILES string of the molecule is COc1cncc(NS(=O)(=O)c2ccc(OCCN3CCNCC3)cc2C(=O)N(C)C(C)C)c1. The van der Waals surface area contributed by atoms with E-state index in [9.17, 15) is 13.2 Å². The third-order valence-electron chi connectivity index (χ3n) is 5.65. The van der Waals surface area contributed by atoms with Crippen molar-refractivity contribution < 1.29 is 22.7 Å². The second-order valence-electron chi connectivity index (χ2n) is 8.33. The molecule has 34 heavy (non-hydrogen) atoms. The summed E-state index contributed by atoms with van der Waals surface area (Å²) < 4.78 is 40.0. The monoisotopic (exact) mass is 491 g/mol. The van der Waals surface area contributed by atoms with Crippen LogP contribution in [0.3, 0.4) is 0 Å². The molecule has 1 fully saturated rings. The van der Waals surface area contributed by atoms with Gasteiger partial charge >= 0.3 is 0 Å². The van der Waals surface area contributed by atoms with E-state index in [-0.39, 0.29) is 22.2 Å². The van der Waals surface area contributed by atoms with Crippen LogP contribution < -0.4 is 19.5 Å². The predicted molar refractivity (Wildman–Crippen MR) is 130 cm³/mol. The van der Waals surface area contributed by atoms with Crippen molar-refractivity contribution in [2.45, 2.75) is 24.8 Å². The van der Waals surface area contributed by atoms with Gasteiger partial charge in [-0.15, -0.1) is 0 Å². The van der Waals surface area contributed by atoms with Crippen LogP contribution in [0, 0.1) is 0 Å². The molecule has 186 valence electrons. The second-order valence-corrected chi connectivity index (χ2v) is 9.98. The first-order valence-electron chi connectivity index (χ1n) is 11.2. The fourth-order valence-electron chi connectivity index (χ4n) is 3.45. The number of anilines is 1. The molecule has 0 radical (unpaired) electrons. The molecule has 10 nitrogen and oxygen atoms in total. The highest BCUT2D eigenvalue weighted by atomic mass is 32.2. The Hall–Kier alpha value is -2.89. The van der Waals surface area contributed by atoms with E-state index < -0.39 is 15.9 Å². The zero-order chi connectivity index (χ0) is 24.7. The number of amides is 1. The Balaban J connectivity index is 1.86. The molecule has 1 aliphatic heterocycles. The van der Waals surface area contributed by atoms with Gasteiger partial charge in [0.05, 0.1) is 30.8 Å². The molecule has 1 saturated heterocycles. The number of aromatic nitrogens is 1. The van der Waals surface area contributed by atoms with Gasteiger partial charge in [0, 0.05) is 51.9 Å². The Kier molecular flexibility index (Phi) is 8.70. The highest BCUT2D eigenvalue weighted by Crippen LogP contribution is 2.26.